The van der Waals surface area contributed by atoms with E-state index in [0.29, 0.717) is 12.3 Å². The number of benzene rings is 2. The Morgan fingerprint density at radius 2 is 1.92 bits per heavy atom. The highest BCUT2D eigenvalue weighted by Crippen LogP contribution is 2.23. The molecule has 6 heteroatoms. The number of methoxy groups -OCH3 is 1. The number of para-hydroxylation sites is 1. The third-order valence-electron chi connectivity index (χ3n) is 4.37. The summed E-state index contributed by atoms with van der Waals surface area (Å²) in [6.45, 7) is 0.834. The van der Waals surface area contributed by atoms with Crippen LogP contribution in [0.2, 0.25) is 0 Å². The third-order valence-corrected chi connectivity index (χ3v) is 4.37. The Balaban J connectivity index is 1.60. The van der Waals surface area contributed by atoms with Crippen molar-refractivity contribution in [2.45, 2.75) is 19.0 Å². The molecule has 0 radical (unpaired) electrons. The van der Waals surface area contributed by atoms with Gasteiger partial charge < -0.3 is 14.8 Å². The molecule has 1 atom stereocenters. The van der Waals surface area contributed by atoms with Crippen LogP contribution < -0.4 is 10.1 Å². The van der Waals surface area contributed by atoms with Gasteiger partial charge in [0.25, 0.3) is 0 Å². The van der Waals surface area contributed by atoms with E-state index < -0.39 is 12.1 Å². The molecule has 2 aromatic carbocycles. The number of hydrogen-bond donors (Lipinski definition) is 1. The second-order valence-electron chi connectivity index (χ2n) is 6.06. The Labute approximate surface area is 152 Å². The van der Waals surface area contributed by atoms with Crippen molar-refractivity contribution in [1.29, 1.82) is 0 Å². The van der Waals surface area contributed by atoms with Crippen LogP contribution in [0.4, 0.5) is 4.79 Å². The molecule has 1 aliphatic rings. The maximum absolute atomic E-state index is 12.5. The fourth-order valence-electron chi connectivity index (χ4n) is 2.95. The van der Waals surface area contributed by atoms with E-state index in [-0.39, 0.29) is 19.1 Å². The quantitative estimate of drug-likeness (QED) is 0.829. The molecule has 0 spiro atoms. The maximum atomic E-state index is 12.5. The molecule has 2 aromatic rings. The summed E-state index contributed by atoms with van der Waals surface area (Å²) in [4.78, 5) is 26.0. The summed E-state index contributed by atoms with van der Waals surface area (Å²) >= 11 is 0. The predicted molar refractivity (Wildman–Crippen MR) is 96.8 cm³/mol. The van der Waals surface area contributed by atoms with E-state index in [1.54, 1.807) is 7.11 Å². The zero-order valence-electron chi connectivity index (χ0n) is 14.7. The number of amides is 2. The number of nitrogens with one attached hydrogen (secondary N) is 1. The SMILES string of the molecule is COc1ccccc1CN1C(=O)OC[C@H]1C(=O)NCCc1ccccc1. The number of carbonyl (C=O) groups is 2. The summed E-state index contributed by atoms with van der Waals surface area (Å²) in [5.74, 6) is 0.470. The molecule has 2 amide bonds. The van der Waals surface area contributed by atoms with E-state index in [0.717, 1.165) is 17.5 Å². The number of ether oxygens (including phenoxy) is 2. The van der Waals surface area contributed by atoms with Crippen molar-refractivity contribution >= 4 is 12.0 Å². The molecule has 3 rings (SSSR count). The molecule has 1 heterocycles. The minimum absolute atomic E-state index is 0.0607. The molecule has 0 saturated carbocycles. The first kappa shape index (κ1) is 17.8. The zero-order valence-corrected chi connectivity index (χ0v) is 14.7. The van der Waals surface area contributed by atoms with Gasteiger partial charge in [-0.25, -0.2) is 4.79 Å². The predicted octanol–water partition coefficient (Wildman–Crippen LogP) is 2.37. The summed E-state index contributed by atoms with van der Waals surface area (Å²) in [5.41, 5.74) is 1.98. The lowest BCUT2D eigenvalue weighted by Crippen LogP contribution is -2.45. The van der Waals surface area contributed by atoms with Crippen LogP contribution in [-0.2, 0) is 22.5 Å². The summed E-state index contributed by atoms with van der Waals surface area (Å²) in [7, 11) is 1.58. The standard InChI is InChI=1S/C20H22N2O4/c1-25-18-10-6-5-9-16(18)13-22-17(14-26-20(22)24)19(23)21-12-11-15-7-3-2-4-8-15/h2-10,17H,11-14H2,1H3,(H,21,23)/t17-/m0/s1. The highest BCUT2D eigenvalue weighted by molar-refractivity contribution is 5.87. The lowest BCUT2D eigenvalue weighted by molar-refractivity contribution is -0.124. The van der Waals surface area contributed by atoms with Crippen molar-refractivity contribution in [1.82, 2.24) is 10.2 Å². The van der Waals surface area contributed by atoms with Crippen LogP contribution >= 0.6 is 0 Å². The van der Waals surface area contributed by atoms with Crippen LogP contribution in [0.1, 0.15) is 11.1 Å². The van der Waals surface area contributed by atoms with Gasteiger partial charge in [-0.1, -0.05) is 48.5 Å². The first-order chi connectivity index (χ1) is 12.7. The normalized spacial score (nSPS) is 16.3. The average molecular weight is 354 g/mol. The van der Waals surface area contributed by atoms with Crippen molar-refractivity contribution < 1.29 is 19.1 Å². The number of hydrogen-bond acceptors (Lipinski definition) is 4. The Morgan fingerprint density at radius 3 is 2.69 bits per heavy atom. The van der Waals surface area contributed by atoms with Gasteiger partial charge in [-0.15, -0.1) is 0 Å². The number of cyclic esters (lactones) is 1. The third kappa shape index (κ3) is 4.14. The molecule has 1 N–H and O–H groups in total. The number of carbonyl (C=O) groups excluding carboxylic acids is 2. The average Bonchev–Trinajstić information content (AvgIpc) is 3.03. The van der Waals surface area contributed by atoms with Gasteiger partial charge in [0.15, 0.2) is 0 Å². The van der Waals surface area contributed by atoms with Gasteiger partial charge >= 0.3 is 6.09 Å². The minimum atomic E-state index is -0.636. The van der Waals surface area contributed by atoms with Gasteiger partial charge in [-0.2, -0.15) is 0 Å². The second kappa shape index (κ2) is 8.38. The summed E-state index contributed by atoms with van der Waals surface area (Å²) in [6, 6.07) is 16.7. The summed E-state index contributed by atoms with van der Waals surface area (Å²) in [5, 5.41) is 2.89. The van der Waals surface area contributed by atoms with Gasteiger partial charge in [-0.05, 0) is 18.1 Å². The van der Waals surface area contributed by atoms with Crippen LogP contribution in [0, 0.1) is 0 Å². The molecule has 1 aliphatic heterocycles. The molecular weight excluding hydrogens is 332 g/mol. The van der Waals surface area contributed by atoms with Gasteiger partial charge in [0.1, 0.15) is 18.4 Å². The summed E-state index contributed by atoms with van der Waals surface area (Å²) < 4.78 is 10.4. The molecule has 0 bridgehead atoms. The molecule has 1 saturated heterocycles. The highest BCUT2D eigenvalue weighted by atomic mass is 16.6. The smallest absolute Gasteiger partial charge is 0.410 e. The molecule has 0 aromatic heterocycles. The van der Waals surface area contributed by atoms with Gasteiger partial charge in [0.05, 0.1) is 13.7 Å². The van der Waals surface area contributed by atoms with E-state index >= 15 is 0 Å². The lowest BCUT2D eigenvalue weighted by Gasteiger charge is -2.21. The Morgan fingerprint density at radius 1 is 1.19 bits per heavy atom. The fourth-order valence-corrected chi connectivity index (χ4v) is 2.95. The van der Waals surface area contributed by atoms with Crippen molar-refractivity contribution in [2.24, 2.45) is 0 Å². The second-order valence-corrected chi connectivity index (χ2v) is 6.06. The Hall–Kier alpha value is -3.02. The molecule has 6 nitrogen and oxygen atoms in total. The topological polar surface area (TPSA) is 67.9 Å². The van der Waals surface area contributed by atoms with Gasteiger partial charge in [0.2, 0.25) is 5.91 Å². The monoisotopic (exact) mass is 354 g/mol. The van der Waals surface area contributed by atoms with Crippen molar-refractivity contribution in [3.63, 3.8) is 0 Å². The number of rotatable bonds is 7. The zero-order chi connectivity index (χ0) is 18.4. The molecule has 136 valence electrons. The highest BCUT2D eigenvalue weighted by Gasteiger charge is 2.38. The van der Waals surface area contributed by atoms with Crippen molar-refractivity contribution in [2.75, 3.05) is 20.3 Å². The van der Waals surface area contributed by atoms with Gasteiger partial charge in [-0.3, -0.25) is 9.69 Å². The van der Waals surface area contributed by atoms with E-state index in [1.807, 2.05) is 54.6 Å². The van der Waals surface area contributed by atoms with E-state index in [4.69, 9.17) is 9.47 Å². The van der Waals surface area contributed by atoms with Crippen LogP contribution in [-0.4, -0.2) is 43.2 Å². The van der Waals surface area contributed by atoms with Crippen LogP contribution in [0.3, 0.4) is 0 Å². The van der Waals surface area contributed by atoms with Crippen LogP contribution in [0.5, 0.6) is 5.75 Å². The van der Waals surface area contributed by atoms with E-state index in [2.05, 4.69) is 5.32 Å². The van der Waals surface area contributed by atoms with Crippen LogP contribution in [0.15, 0.2) is 54.6 Å². The number of nitrogens with zero attached hydrogens (tertiary/aromatic N) is 1. The lowest BCUT2D eigenvalue weighted by atomic mass is 10.1. The fraction of sp³-hybridized carbons (Fsp3) is 0.300. The first-order valence-corrected chi connectivity index (χ1v) is 8.56. The molecule has 1 fully saturated rings. The molecule has 0 aliphatic carbocycles. The van der Waals surface area contributed by atoms with Crippen LogP contribution in [0.25, 0.3) is 0 Å². The largest absolute Gasteiger partial charge is 0.496 e. The minimum Gasteiger partial charge on any atom is -0.496 e. The Bertz CT molecular complexity index is 763. The first-order valence-electron chi connectivity index (χ1n) is 8.56. The van der Waals surface area contributed by atoms with Crippen molar-refractivity contribution in [3.8, 4) is 5.75 Å². The van der Waals surface area contributed by atoms with E-state index in [1.165, 1.54) is 4.90 Å². The molecule has 26 heavy (non-hydrogen) atoms. The molecular formula is C20H22N2O4. The maximum Gasteiger partial charge on any atom is 0.410 e. The van der Waals surface area contributed by atoms with E-state index in [9.17, 15) is 9.59 Å². The summed E-state index contributed by atoms with van der Waals surface area (Å²) in [6.07, 6.45) is 0.250. The van der Waals surface area contributed by atoms with Gasteiger partial charge in [0, 0.05) is 12.1 Å². The Kier molecular flexibility index (Phi) is 5.73. The van der Waals surface area contributed by atoms with Crippen molar-refractivity contribution in [3.05, 3.63) is 65.7 Å². The molecule has 0 unspecified atom stereocenters.